The third-order valence-corrected chi connectivity index (χ3v) is 7.53. The third-order valence-electron chi connectivity index (χ3n) is 7.53. The summed E-state index contributed by atoms with van der Waals surface area (Å²) in [5.74, 6) is -3.30. The number of carbonyl (C=O) groups excluding carboxylic acids is 3. The number of methoxy groups -OCH3 is 2. The summed E-state index contributed by atoms with van der Waals surface area (Å²) in [5, 5.41) is 6.27. The Hall–Kier alpha value is -3.88. The van der Waals surface area contributed by atoms with Crippen LogP contribution in [-0.2, 0) is 23.9 Å². The number of nitrogens with zero attached hydrogens (tertiary/aromatic N) is 2. The summed E-state index contributed by atoms with van der Waals surface area (Å²) in [6.45, 7) is 8.45. The molecular formula is C29H32N2O7. The molecule has 0 saturated carbocycles. The lowest BCUT2D eigenvalue weighted by atomic mass is 9.64. The van der Waals surface area contributed by atoms with Gasteiger partial charge < -0.3 is 18.9 Å². The molecule has 3 aliphatic heterocycles. The average molecular weight is 521 g/mol. The molecule has 0 unspecified atom stereocenters. The molecule has 3 heterocycles. The first-order valence-corrected chi connectivity index (χ1v) is 12.5. The molecule has 0 N–H and O–H groups in total. The fraction of sp³-hybridized carbons (Fsp3) is 0.448. The molecule has 200 valence electrons. The highest BCUT2D eigenvalue weighted by atomic mass is 16.7. The number of esters is 2. The van der Waals surface area contributed by atoms with Crippen molar-refractivity contribution in [1.29, 1.82) is 0 Å². The Morgan fingerprint density at radius 1 is 0.974 bits per heavy atom. The van der Waals surface area contributed by atoms with Crippen LogP contribution in [0.1, 0.15) is 63.3 Å². The smallest absolute Gasteiger partial charge is 0.330 e. The van der Waals surface area contributed by atoms with E-state index in [9.17, 15) is 14.4 Å². The third kappa shape index (κ3) is 3.59. The molecule has 0 aliphatic carbocycles. The van der Waals surface area contributed by atoms with Crippen molar-refractivity contribution in [2.45, 2.75) is 58.4 Å². The zero-order valence-corrected chi connectivity index (χ0v) is 22.6. The maximum Gasteiger partial charge on any atom is 0.330 e. The number of hydrogen-bond acceptors (Lipinski definition) is 9. The van der Waals surface area contributed by atoms with Crippen LogP contribution in [0.25, 0.3) is 0 Å². The topological polar surface area (TPSA) is 104 Å². The van der Waals surface area contributed by atoms with E-state index in [1.54, 1.807) is 29.4 Å². The quantitative estimate of drug-likeness (QED) is 0.440. The Balaban J connectivity index is 1.86. The van der Waals surface area contributed by atoms with Crippen LogP contribution in [0.4, 0.5) is 0 Å². The minimum absolute atomic E-state index is 0.180. The van der Waals surface area contributed by atoms with Gasteiger partial charge in [0.05, 0.1) is 20.4 Å². The van der Waals surface area contributed by atoms with Gasteiger partial charge in [-0.25, -0.2) is 0 Å². The second kappa shape index (κ2) is 8.58. The van der Waals surface area contributed by atoms with Crippen LogP contribution in [0.5, 0.6) is 11.5 Å². The van der Waals surface area contributed by atoms with Gasteiger partial charge in [-0.1, -0.05) is 51.1 Å². The van der Waals surface area contributed by atoms with Crippen LogP contribution >= 0.6 is 0 Å². The van der Waals surface area contributed by atoms with E-state index in [1.165, 1.54) is 28.1 Å². The highest BCUT2D eigenvalue weighted by molar-refractivity contribution is 6.07. The number of fused-ring (bicyclic) bond motifs is 4. The van der Waals surface area contributed by atoms with Crippen LogP contribution in [0, 0.1) is 10.8 Å². The predicted molar refractivity (Wildman–Crippen MR) is 138 cm³/mol. The Morgan fingerprint density at radius 2 is 1.61 bits per heavy atom. The van der Waals surface area contributed by atoms with E-state index in [-0.39, 0.29) is 5.78 Å². The van der Waals surface area contributed by atoms with Gasteiger partial charge in [0, 0.05) is 25.2 Å². The summed E-state index contributed by atoms with van der Waals surface area (Å²) in [7, 11) is 3.02. The molecular weight excluding hydrogens is 488 g/mol. The van der Waals surface area contributed by atoms with Crippen molar-refractivity contribution in [3.8, 4) is 11.5 Å². The van der Waals surface area contributed by atoms with Crippen LogP contribution < -0.4 is 9.47 Å². The molecule has 0 radical (unpaired) electrons. The zero-order valence-electron chi connectivity index (χ0n) is 22.6. The SMILES string of the molecule is COc1ccc([C@@H]2[C@H](C(=O)C(C)(C)C)N3N=Cc4ccccc4[C@@H]3C23C(=O)OC(C)(C)OC3=O)cc1OC. The number of ketones is 1. The molecule has 3 atom stereocenters. The van der Waals surface area contributed by atoms with Gasteiger partial charge in [0.25, 0.3) is 5.79 Å². The molecule has 0 amide bonds. The van der Waals surface area contributed by atoms with E-state index in [0.29, 0.717) is 22.6 Å². The lowest BCUT2D eigenvalue weighted by molar-refractivity contribution is -0.254. The van der Waals surface area contributed by atoms with Gasteiger partial charge in [-0.05, 0) is 28.8 Å². The van der Waals surface area contributed by atoms with Crippen molar-refractivity contribution in [3.63, 3.8) is 0 Å². The van der Waals surface area contributed by atoms with E-state index < -0.39 is 46.6 Å². The van der Waals surface area contributed by atoms with Crippen LogP contribution in [0.3, 0.4) is 0 Å². The van der Waals surface area contributed by atoms with Gasteiger partial charge in [0.2, 0.25) is 5.41 Å². The summed E-state index contributed by atoms with van der Waals surface area (Å²) in [6, 6.07) is 10.6. The molecule has 2 fully saturated rings. The first kappa shape index (κ1) is 25.8. The van der Waals surface area contributed by atoms with Crippen LogP contribution in [-0.4, -0.2) is 55.0 Å². The molecule has 3 aliphatic rings. The second-order valence-corrected chi connectivity index (χ2v) is 11.4. The normalized spacial score (nSPS) is 24.8. The number of rotatable bonds is 4. The molecule has 2 aromatic carbocycles. The summed E-state index contributed by atoms with van der Waals surface area (Å²) < 4.78 is 22.5. The average Bonchev–Trinajstić information content (AvgIpc) is 3.18. The molecule has 0 aromatic heterocycles. The molecule has 9 nitrogen and oxygen atoms in total. The van der Waals surface area contributed by atoms with Crippen molar-refractivity contribution >= 4 is 23.9 Å². The first-order valence-electron chi connectivity index (χ1n) is 12.5. The largest absolute Gasteiger partial charge is 0.493 e. The van der Waals surface area contributed by atoms with Crippen molar-refractivity contribution in [3.05, 3.63) is 59.2 Å². The fourth-order valence-electron chi connectivity index (χ4n) is 5.88. The summed E-state index contributed by atoms with van der Waals surface area (Å²) >= 11 is 0. The first-order chi connectivity index (χ1) is 17.9. The molecule has 5 rings (SSSR count). The van der Waals surface area contributed by atoms with Gasteiger partial charge >= 0.3 is 11.9 Å². The van der Waals surface area contributed by atoms with Crippen molar-refractivity contribution in [2.75, 3.05) is 14.2 Å². The van der Waals surface area contributed by atoms with Gasteiger partial charge in [-0.2, -0.15) is 5.10 Å². The van der Waals surface area contributed by atoms with E-state index in [0.717, 1.165) is 5.56 Å². The molecule has 2 aromatic rings. The lowest BCUT2D eigenvalue weighted by Crippen LogP contribution is -2.58. The van der Waals surface area contributed by atoms with E-state index in [2.05, 4.69) is 5.10 Å². The Kier molecular flexibility index (Phi) is 5.81. The summed E-state index contributed by atoms with van der Waals surface area (Å²) in [5.41, 5.74) is -0.779. The Bertz CT molecular complexity index is 1340. The van der Waals surface area contributed by atoms with Crippen LogP contribution in [0.15, 0.2) is 47.6 Å². The Morgan fingerprint density at radius 3 is 2.21 bits per heavy atom. The summed E-state index contributed by atoms with van der Waals surface area (Å²) in [4.78, 5) is 42.6. The number of hydrazone groups is 1. The summed E-state index contributed by atoms with van der Waals surface area (Å²) in [6.07, 6.45) is 1.66. The maximum absolute atomic E-state index is 14.2. The minimum atomic E-state index is -1.92. The predicted octanol–water partition coefficient (Wildman–Crippen LogP) is 4.00. The number of hydrogen-bond donors (Lipinski definition) is 0. The molecule has 38 heavy (non-hydrogen) atoms. The van der Waals surface area contributed by atoms with Crippen molar-refractivity contribution in [1.82, 2.24) is 5.01 Å². The van der Waals surface area contributed by atoms with Gasteiger partial charge in [-0.3, -0.25) is 19.4 Å². The molecule has 9 heteroatoms. The number of carbonyl (C=O) groups is 3. The zero-order chi connectivity index (χ0) is 27.6. The highest BCUT2D eigenvalue weighted by Crippen LogP contribution is 2.63. The van der Waals surface area contributed by atoms with E-state index in [1.807, 2.05) is 45.0 Å². The number of benzene rings is 2. The lowest BCUT2D eigenvalue weighted by Gasteiger charge is -2.44. The maximum atomic E-state index is 14.2. The van der Waals surface area contributed by atoms with Gasteiger partial charge in [-0.15, -0.1) is 0 Å². The van der Waals surface area contributed by atoms with Crippen molar-refractivity contribution in [2.24, 2.45) is 15.9 Å². The highest BCUT2D eigenvalue weighted by Gasteiger charge is 2.75. The van der Waals surface area contributed by atoms with E-state index >= 15 is 0 Å². The van der Waals surface area contributed by atoms with Crippen molar-refractivity contribution < 1.29 is 33.3 Å². The van der Waals surface area contributed by atoms with E-state index in [4.69, 9.17) is 18.9 Å². The van der Waals surface area contributed by atoms with Gasteiger partial charge in [0.15, 0.2) is 17.3 Å². The minimum Gasteiger partial charge on any atom is -0.493 e. The second-order valence-electron chi connectivity index (χ2n) is 11.4. The fourth-order valence-corrected chi connectivity index (χ4v) is 5.88. The number of cyclic esters (lactones) is 2. The van der Waals surface area contributed by atoms with Gasteiger partial charge in [0.1, 0.15) is 12.1 Å². The van der Waals surface area contributed by atoms with Crippen LogP contribution in [0.2, 0.25) is 0 Å². The number of Topliss-reactive ketones (excluding diaryl/α,β-unsaturated/α-hetero) is 1. The monoisotopic (exact) mass is 520 g/mol. The molecule has 2 saturated heterocycles. The standard InChI is InChI=1S/C29H32N2O7/c1-27(2,3)24(32)22-21(16-12-13-19(35-6)20(14-16)36-7)29(25(33)37-28(4,5)38-26(29)34)23-18-11-9-8-10-17(18)15-30-31(22)23/h8-15,21-23H,1-7H3/t21-,22-,23-/m1/s1. The Labute approximate surface area is 221 Å². The number of ether oxygens (including phenoxy) is 4. The molecule has 1 spiro atoms. The molecule has 0 bridgehead atoms.